The molecular formula is C26H15NS. The van der Waals surface area contributed by atoms with Crippen molar-refractivity contribution in [3.05, 3.63) is 84.9 Å². The first kappa shape index (κ1) is 14.7. The van der Waals surface area contributed by atoms with E-state index >= 15 is 0 Å². The van der Waals surface area contributed by atoms with E-state index in [-0.39, 0.29) is 0 Å². The van der Waals surface area contributed by atoms with Crippen molar-refractivity contribution in [1.29, 1.82) is 0 Å². The molecule has 0 amide bonds. The molecule has 0 radical (unpaired) electrons. The van der Waals surface area contributed by atoms with Crippen molar-refractivity contribution in [2.75, 3.05) is 0 Å². The lowest BCUT2D eigenvalue weighted by Crippen LogP contribution is -1.78. The second-order valence-corrected chi connectivity index (χ2v) is 8.54. The number of aromatic nitrogens is 1. The van der Waals surface area contributed by atoms with Crippen LogP contribution in [-0.4, -0.2) is 4.98 Å². The van der Waals surface area contributed by atoms with Crippen LogP contribution in [0.3, 0.4) is 0 Å². The minimum Gasteiger partial charge on any atom is -0.354 e. The standard InChI is InChI=1S/C26H15NS/c1-2-6-16-15(5-1)9-10-18-17(16)11-13-21-24(18)20-12-14-23-25(26(20)27-21)19-7-3-4-8-22(19)28-23/h1-14,27H. The monoisotopic (exact) mass is 373 g/mol. The van der Waals surface area contributed by atoms with E-state index in [1.807, 2.05) is 11.3 Å². The van der Waals surface area contributed by atoms with Crippen molar-refractivity contribution < 1.29 is 0 Å². The summed E-state index contributed by atoms with van der Waals surface area (Å²) in [4.78, 5) is 3.75. The molecule has 7 aromatic rings. The van der Waals surface area contributed by atoms with E-state index in [1.54, 1.807) is 0 Å². The number of fused-ring (bicyclic) bond motifs is 11. The largest absolute Gasteiger partial charge is 0.354 e. The van der Waals surface area contributed by atoms with E-state index < -0.39 is 0 Å². The third kappa shape index (κ3) is 1.76. The fourth-order valence-electron chi connectivity index (χ4n) is 4.77. The van der Waals surface area contributed by atoms with Gasteiger partial charge in [0.2, 0.25) is 0 Å². The highest BCUT2D eigenvalue weighted by Gasteiger charge is 2.14. The zero-order valence-corrected chi connectivity index (χ0v) is 15.8. The zero-order valence-electron chi connectivity index (χ0n) is 15.0. The van der Waals surface area contributed by atoms with Gasteiger partial charge in [-0.15, -0.1) is 11.3 Å². The maximum atomic E-state index is 3.75. The van der Waals surface area contributed by atoms with Gasteiger partial charge in [-0.05, 0) is 39.7 Å². The number of hydrogen-bond donors (Lipinski definition) is 1. The molecule has 5 aromatic carbocycles. The highest BCUT2D eigenvalue weighted by molar-refractivity contribution is 7.26. The number of hydrogen-bond acceptors (Lipinski definition) is 1. The van der Waals surface area contributed by atoms with E-state index in [2.05, 4.69) is 89.9 Å². The maximum Gasteiger partial charge on any atom is 0.0559 e. The third-order valence-electron chi connectivity index (χ3n) is 6.00. The van der Waals surface area contributed by atoms with E-state index in [0.29, 0.717) is 0 Å². The Morgan fingerprint density at radius 1 is 0.500 bits per heavy atom. The van der Waals surface area contributed by atoms with Crippen LogP contribution in [0.1, 0.15) is 0 Å². The van der Waals surface area contributed by atoms with Gasteiger partial charge < -0.3 is 4.98 Å². The van der Waals surface area contributed by atoms with Gasteiger partial charge >= 0.3 is 0 Å². The average molecular weight is 373 g/mol. The van der Waals surface area contributed by atoms with Gasteiger partial charge in [0.25, 0.3) is 0 Å². The molecule has 0 aliphatic carbocycles. The lowest BCUT2D eigenvalue weighted by molar-refractivity contribution is 1.58. The Bertz CT molecular complexity index is 1720. The maximum absolute atomic E-state index is 3.75. The molecule has 130 valence electrons. The molecule has 1 nitrogen and oxygen atoms in total. The molecule has 2 heteroatoms. The Morgan fingerprint density at radius 3 is 2.25 bits per heavy atom. The van der Waals surface area contributed by atoms with E-state index in [4.69, 9.17) is 0 Å². The number of thiophene rings is 1. The van der Waals surface area contributed by atoms with Gasteiger partial charge in [-0.3, -0.25) is 0 Å². The van der Waals surface area contributed by atoms with Crippen molar-refractivity contribution in [3.8, 4) is 0 Å². The molecule has 0 fully saturated rings. The van der Waals surface area contributed by atoms with E-state index in [1.165, 1.54) is 63.5 Å². The van der Waals surface area contributed by atoms with Gasteiger partial charge in [-0.25, -0.2) is 0 Å². The molecule has 0 atom stereocenters. The van der Waals surface area contributed by atoms with Crippen molar-refractivity contribution >= 4 is 74.9 Å². The molecule has 7 rings (SSSR count). The van der Waals surface area contributed by atoms with Crippen LogP contribution in [0.4, 0.5) is 0 Å². The van der Waals surface area contributed by atoms with Crippen molar-refractivity contribution in [3.63, 3.8) is 0 Å². The quantitative estimate of drug-likeness (QED) is 0.259. The average Bonchev–Trinajstić information content (AvgIpc) is 3.31. The summed E-state index contributed by atoms with van der Waals surface area (Å²) in [6, 6.07) is 31.0. The van der Waals surface area contributed by atoms with Crippen molar-refractivity contribution in [2.45, 2.75) is 0 Å². The molecule has 2 aromatic heterocycles. The van der Waals surface area contributed by atoms with Crippen LogP contribution in [0.5, 0.6) is 0 Å². The lowest BCUT2D eigenvalue weighted by Gasteiger charge is -2.05. The Balaban J connectivity index is 1.74. The Kier molecular flexibility index (Phi) is 2.68. The molecular weight excluding hydrogens is 358 g/mol. The summed E-state index contributed by atoms with van der Waals surface area (Å²) in [6.07, 6.45) is 0. The molecule has 28 heavy (non-hydrogen) atoms. The fraction of sp³-hybridized carbons (Fsp3) is 0. The number of rotatable bonds is 0. The van der Waals surface area contributed by atoms with E-state index in [0.717, 1.165) is 0 Å². The molecule has 0 aliphatic heterocycles. The van der Waals surface area contributed by atoms with Crippen LogP contribution >= 0.6 is 11.3 Å². The topological polar surface area (TPSA) is 15.8 Å². The summed E-state index contributed by atoms with van der Waals surface area (Å²) < 4.78 is 2.69. The summed E-state index contributed by atoms with van der Waals surface area (Å²) >= 11 is 1.87. The molecule has 1 N–H and O–H groups in total. The smallest absolute Gasteiger partial charge is 0.0559 e. The minimum atomic E-state index is 1.21. The van der Waals surface area contributed by atoms with Crippen LogP contribution in [0.15, 0.2) is 84.9 Å². The molecule has 2 heterocycles. The van der Waals surface area contributed by atoms with Crippen LogP contribution < -0.4 is 0 Å². The highest BCUT2D eigenvalue weighted by atomic mass is 32.1. The first-order valence-corrected chi connectivity index (χ1v) is 10.4. The van der Waals surface area contributed by atoms with Crippen LogP contribution in [0, 0.1) is 0 Å². The van der Waals surface area contributed by atoms with Gasteiger partial charge in [0, 0.05) is 36.5 Å². The molecule has 0 spiro atoms. The highest BCUT2D eigenvalue weighted by Crippen LogP contribution is 2.42. The first-order chi connectivity index (χ1) is 13.9. The van der Waals surface area contributed by atoms with Gasteiger partial charge in [0.05, 0.1) is 5.52 Å². The molecule has 0 unspecified atom stereocenters. The Morgan fingerprint density at radius 2 is 1.29 bits per heavy atom. The van der Waals surface area contributed by atoms with Gasteiger partial charge in [0.15, 0.2) is 0 Å². The Labute approximate surface area is 164 Å². The fourth-order valence-corrected chi connectivity index (χ4v) is 5.89. The second kappa shape index (κ2) is 5.12. The molecule has 0 saturated carbocycles. The van der Waals surface area contributed by atoms with Gasteiger partial charge in [-0.2, -0.15) is 0 Å². The minimum absolute atomic E-state index is 1.21. The third-order valence-corrected chi connectivity index (χ3v) is 7.13. The van der Waals surface area contributed by atoms with Crippen molar-refractivity contribution in [1.82, 2.24) is 4.98 Å². The summed E-state index contributed by atoms with van der Waals surface area (Å²) in [5.74, 6) is 0. The number of nitrogens with one attached hydrogen (secondary N) is 1. The van der Waals surface area contributed by atoms with Gasteiger partial charge in [-0.1, -0.05) is 66.7 Å². The summed E-state index contributed by atoms with van der Waals surface area (Å²) in [5, 5.41) is 10.6. The number of H-pyrrole nitrogens is 1. The van der Waals surface area contributed by atoms with Gasteiger partial charge in [0.1, 0.15) is 0 Å². The summed E-state index contributed by atoms with van der Waals surface area (Å²) in [7, 11) is 0. The molecule has 0 aliphatic rings. The molecule has 0 saturated heterocycles. The summed E-state index contributed by atoms with van der Waals surface area (Å²) in [6.45, 7) is 0. The second-order valence-electron chi connectivity index (χ2n) is 7.45. The van der Waals surface area contributed by atoms with E-state index in [9.17, 15) is 0 Å². The normalized spacial score (nSPS) is 12.3. The zero-order chi connectivity index (χ0) is 18.2. The predicted molar refractivity (Wildman–Crippen MR) is 124 cm³/mol. The van der Waals surface area contributed by atoms with Crippen LogP contribution in [0.25, 0.3) is 63.5 Å². The Hall–Kier alpha value is -3.36. The summed E-state index contributed by atoms with van der Waals surface area (Å²) in [5.41, 5.74) is 2.46. The van der Waals surface area contributed by atoms with Crippen LogP contribution in [0.2, 0.25) is 0 Å². The first-order valence-electron chi connectivity index (χ1n) is 9.54. The molecule has 0 bridgehead atoms. The number of benzene rings is 5. The lowest BCUT2D eigenvalue weighted by atomic mass is 9.98. The number of aromatic amines is 1. The van der Waals surface area contributed by atoms with Crippen LogP contribution in [-0.2, 0) is 0 Å². The predicted octanol–water partition coefficient (Wildman–Crippen LogP) is 8.00. The van der Waals surface area contributed by atoms with Crippen molar-refractivity contribution in [2.24, 2.45) is 0 Å². The SMILES string of the molecule is c1ccc2c(c1)ccc1c2ccc2[nH]c3c(ccc4sc5ccccc5c43)c21.